The molecule has 0 bridgehead atoms. The van der Waals surface area contributed by atoms with Crippen molar-refractivity contribution in [3.63, 3.8) is 0 Å². The first-order valence-corrected chi connectivity index (χ1v) is 7.54. The Balaban J connectivity index is 2.21. The maximum atomic E-state index is 13.8. The SMILES string of the molecule is COc1ccc(C(N)C2CCS(=O)(=O)C2)c(F)c1. The van der Waals surface area contributed by atoms with Crippen molar-refractivity contribution in [2.75, 3.05) is 18.6 Å². The summed E-state index contributed by atoms with van der Waals surface area (Å²) < 4.78 is 41.5. The van der Waals surface area contributed by atoms with Crippen LogP contribution in [0.1, 0.15) is 18.0 Å². The highest BCUT2D eigenvalue weighted by molar-refractivity contribution is 7.91. The molecule has 4 nitrogen and oxygen atoms in total. The van der Waals surface area contributed by atoms with E-state index in [9.17, 15) is 12.8 Å². The van der Waals surface area contributed by atoms with E-state index < -0.39 is 21.7 Å². The van der Waals surface area contributed by atoms with Gasteiger partial charge < -0.3 is 10.5 Å². The Bertz CT molecular complexity index is 544. The molecule has 1 aliphatic heterocycles. The van der Waals surface area contributed by atoms with Gasteiger partial charge in [0.15, 0.2) is 9.84 Å². The molecule has 1 saturated heterocycles. The molecule has 0 aliphatic carbocycles. The van der Waals surface area contributed by atoms with Crippen LogP contribution in [0.2, 0.25) is 0 Å². The van der Waals surface area contributed by atoms with Crippen molar-refractivity contribution in [3.05, 3.63) is 29.6 Å². The van der Waals surface area contributed by atoms with Gasteiger partial charge >= 0.3 is 0 Å². The maximum absolute atomic E-state index is 13.8. The molecule has 0 radical (unpaired) electrons. The summed E-state index contributed by atoms with van der Waals surface area (Å²) in [5, 5.41) is 0. The molecule has 1 aliphatic rings. The molecule has 2 rings (SSSR count). The average molecular weight is 273 g/mol. The topological polar surface area (TPSA) is 69.4 Å². The van der Waals surface area contributed by atoms with Gasteiger partial charge in [0.1, 0.15) is 11.6 Å². The summed E-state index contributed by atoms with van der Waals surface area (Å²) in [6.45, 7) is 0. The van der Waals surface area contributed by atoms with E-state index in [-0.39, 0.29) is 17.4 Å². The highest BCUT2D eigenvalue weighted by Crippen LogP contribution is 2.31. The van der Waals surface area contributed by atoms with E-state index in [1.807, 2.05) is 0 Å². The molecule has 0 aromatic heterocycles. The summed E-state index contributed by atoms with van der Waals surface area (Å²) in [7, 11) is -1.55. The third kappa shape index (κ3) is 2.64. The van der Waals surface area contributed by atoms with Crippen molar-refractivity contribution < 1.29 is 17.5 Å². The fourth-order valence-corrected chi connectivity index (χ4v) is 4.12. The standard InChI is InChI=1S/C12H16FNO3S/c1-17-9-2-3-10(11(13)6-9)12(14)8-4-5-18(15,16)7-8/h2-3,6,8,12H,4-5,7,14H2,1H3. The zero-order valence-corrected chi connectivity index (χ0v) is 10.9. The zero-order valence-electron chi connectivity index (χ0n) is 10.1. The Morgan fingerprint density at radius 3 is 2.72 bits per heavy atom. The van der Waals surface area contributed by atoms with Crippen molar-refractivity contribution >= 4 is 9.84 Å². The summed E-state index contributed by atoms with van der Waals surface area (Å²) in [6, 6.07) is 3.86. The highest BCUT2D eigenvalue weighted by atomic mass is 32.2. The first-order valence-electron chi connectivity index (χ1n) is 5.72. The molecule has 6 heteroatoms. The lowest BCUT2D eigenvalue weighted by atomic mass is 9.93. The second-order valence-electron chi connectivity index (χ2n) is 4.58. The van der Waals surface area contributed by atoms with E-state index in [0.717, 1.165) is 0 Å². The second-order valence-corrected chi connectivity index (χ2v) is 6.81. The molecule has 1 aromatic carbocycles. The summed E-state index contributed by atoms with van der Waals surface area (Å²) in [5.74, 6) is -0.0606. The van der Waals surface area contributed by atoms with Crippen LogP contribution >= 0.6 is 0 Å². The molecule has 18 heavy (non-hydrogen) atoms. The Hall–Kier alpha value is -1.14. The summed E-state index contributed by atoms with van der Waals surface area (Å²) in [4.78, 5) is 0. The van der Waals surface area contributed by atoms with E-state index >= 15 is 0 Å². The number of hydrogen-bond acceptors (Lipinski definition) is 4. The predicted octanol–water partition coefficient (Wildman–Crippen LogP) is 1.27. The van der Waals surface area contributed by atoms with Crippen LogP contribution in [0.15, 0.2) is 18.2 Å². The van der Waals surface area contributed by atoms with Crippen LogP contribution in [-0.4, -0.2) is 27.0 Å². The molecule has 100 valence electrons. The van der Waals surface area contributed by atoms with E-state index in [2.05, 4.69) is 0 Å². The fourth-order valence-electron chi connectivity index (χ4n) is 2.27. The molecule has 2 N–H and O–H groups in total. The van der Waals surface area contributed by atoms with Crippen LogP contribution < -0.4 is 10.5 Å². The van der Waals surface area contributed by atoms with Crippen LogP contribution in [0.25, 0.3) is 0 Å². The molecule has 0 saturated carbocycles. The number of sulfone groups is 1. The molecular formula is C12H16FNO3S. The van der Waals surface area contributed by atoms with Gasteiger partial charge in [0.25, 0.3) is 0 Å². The van der Waals surface area contributed by atoms with E-state index in [0.29, 0.717) is 17.7 Å². The first kappa shape index (κ1) is 13.3. The number of ether oxygens (including phenoxy) is 1. The monoisotopic (exact) mass is 273 g/mol. The molecule has 1 fully saturated rings. The quantitative estimate of drug-likeness (QED) is 0.900. The minimum Gasteiger partial charge on any atom is -0.497 e. The van der Waals surface area contributed by atoms with Gasteiger partial charge in [-0.15, -0.1) is 0 Å². The van der Waals surface area contributed by atoms with E-state index in [1.54, 1.807) is 12.1 Å². The van der Waals surface area contributed by atoms with Gasteiger partial charge in [-0.1, -0.05) is 6.07 Å². The van der Waals surface area contributed by atoms with Gasteiger partial charge in [0, 0.05) is 17.7 Å². The van der Waals surface area contributed by atoms with Gasteiger partial charge in [0.2, 0.25) is 0 Å². The molecule has 2 unspecified atom stereocenters. The van der Waals surface area contributed by atoms with Gasteiger partial charge in [-0.3, -0.25) is 0 Å². The fraction of sp³-hybridized carbons (Fsp3) is 0.500. The Morgan fingerprint density at radius 2 is 2.22 bits per heavy atom. The van der Waals surface area contributed by atoms with Gasteiger partial charge in [-0.25, -0.2) is 12.8 Å². The van der Waals surface area contributed by atoms with Crippen LogP contribution in [0.4, 0.5) is 4.39 Å². The Kier molecular flexibility index (Phi) is 3.59. The van der Waals surface area contributed by atoms with Crippen LogP contribution in [0.5, 0.6) is 5.75 Å². The molecule has 2 atom stereocenters. The third-order valence-electron chi connectivity index (χ3n) is 3.34. The summed E-state index contributed by atoms with van der Waals surface area (Å²) >= 11 is 0. The number of methoxy groups -OCH3 is 1. The van der Waals surface area contributed by atoms with Crippen molar-refractivity contribution in [1.29, 1.82) is 0 Å². The third-order valence-corrected chi connectivity index (χ3v) is 5.14. The molecule has 1 aromatic rings. The number of halogens is 1. The number of benzene rings is 1. The minimum absolute atomic E-state index is 0.0413. The van der Waals surface area contributed by atoms with Gasteiger partial charge in [-0.2, -0.15) is 0 Å². The average Bonchev–Trinajstić information content (AvgIpc) is 2.68. The predicted molar refractivity (Wildman–Crippen MR) is 66.6 cm³/mol. The van der Waals surface area contributed by atoms with Crippen molar-refractivity contribution in [3.8, 4) is 5.75 Å². The maximum Gasteiger partial charge on any atom is 0.150 e. The smallest absolute Gasteiger partial charge is 0.150 e. The van der Waals surface area contributed by atoms with E-state index in [1.165, 1.54) is 13.2 Å². The number of hydrogen-bond donors (Lipinski definition) is 1. The lowest BCUT2D eigenvalue weighted by Gasteiger charge is -2.19. The van der Waals surface area contributed by atoms with E-state index in [4.69, 9.17) is 10.5 Å². The number of rotatable bonds is 3. The van der Waals surface area contributed by atoms with Gasteiger partial charge in [0.05, 0.1) is 18.6 Å². The van der Waals surface area contributed by atoms with Crippen LogP contribution in [0.3, 0.4) is 0 Å². The molecule has 0 spiro atoms. The van der Waals surface area contributed by atoms with Crippen molar-refractivity contribution in [2.24, 2.45) is 11.7 Å². The zero-order chi connectivity index (χ0) is 13.3. The first-order chi connectivity index (χ1) is 8.43. The Labute approximate surface area is 106 Å². The summed E-state index contributed by atoms with van der Waals surface area (Å²) in [6.07, 6.45) is 0.495. The highest BCUT2D eigenvalue weighted by Gasteiger charge is 2.33. The van der Waals surface area contributed by atoms with Crippen LogP contribution in [-0.2, 0) is 9.84 Å². The lowest BCUT2D eigenvalue weighted by molar-refractivity contribution is 0.407. The Morgan fingerprint density at radius 1 is 1.50 bits per heavy atom. The molecule has 0 amide bonds. The van der Waals surface area contributed by atoms with Crippen molar-refractivity contribution in [1.82, 2.24) is 0 Å². The molecular weight excluding hydrogens is 257 g/mol. The van der Waals surface area contributed by atoms with Crippen LogP contribution in [0, 0.1) is 11.7 Å². The minimum atomic E-state index is -3.00. The summed E-state index contributed by atoms with van der Waals surface area (Å²) in [5.41, 5.74) is 6.31. The van der Waals surface area contributed by atoms with Crippen molar-refractivity contribution in [2.45, 2.75) is 12.5 Å². The largest absolute Gasteiger partial charge is 0.497 e. The normalized spacial score (nSPS) is 23.8. The molecule has 1 heterocycles. The second kappa shape index (κ2) is 4.85. The lowest BCUT2D eigenvalue weighted by Crippen LogP contribution is -2.23. The number of nitrogens with two attached hydrogens (primary N) is 1. The van der Waals surface area contributed by atoms with Gasteiger partial charge in [-0.05, 0) is 18.4 Å².